The second-order valence-corrected chi connectivity index (χ2v) is 4.90. The van der Waals surface area contributed by atoms with Crippen LogP contribution in [0.1, 0.15) is 12.6 Å². The molecule has 134 valence electrons. The maximum Gasteiger partial charge on any atom is 0.573 e. The smallest absolute Gasteiger partial charge is 0.406 e. The van der Waals surface area contributed by atoms with Crippen LogP contribution in [-0.4, -0.2) is 28.9 Å². The third-order valence-corrected chi connectivity index (χ3v) is 2.78. The van der Waals surface area contributed by atoms with E-state index in [1.165, 1.54) is 12.1 Å². The number of rotatable bonds is 5. The summed E-state index contributed by atoms with van der Waals surface area (Å²) in [5.41, 5.74) is 0.946. The lowest BCUT2D eigenvalue weighted by Crippen LogP contribution is -2.21. The number of urea groups is 1. The van der Waals surface area contributed by atoms with Crippen molar-refractivity contribution in [3.05, 3.63) is 36.0 Å². The first-order valence-corrected chi connectivity index (χ1v) is 7.28. The quantitative estimate of drug-likeness (QED) is 0.760. The van der Waals surface area contributed by atoms with Crippen molar-refractivity contribution in [2.75, 3.05) is 22.5 Å². The number of aryl methyl sites for hydroxylation is 1. The van der Waals surface area contributed by atoms with E-state index < -0.39 is 12.4 Å². The first-order valence-electron chi connectivity index (χ1n) is 7.28. The zero-order valence-electron chi connectivity index (χ0n) is 13.4. The van der Waals surface area contributed by atoms with E-state index in [-0.39, 0.29) is 17.4 Å². The van der Waals surface area contributed by atoms with E-state index in [4.69, 9.17) is 0 Å². The number of hydrogen-bond donors (Lipinski definition) is 3. The molecule has 2 aromatic rings. The number of ether oxygens (including phenoxy) is 1. The molecule has 1 aromatic carbocycles. The normalized spacial score (nSPS) is 10.9. The molecule has 25 heavy (non-hydrogen) atoms. The van der Waals surface area contributed by atoms with Gasteiger partial charge in [-0.15, -0.1) is 13.2 Å². The number of benzene rings is 1. The van der Waals surface area contributed by atoms with Crippen LogP contribution in [0.15, 0.2) is 30.3 Å². The molecule has 3 N–H and O–H groups in total. The molecule has 0 aliphatic heterocycles. The van der Waals surface area contributed by atoms with Crippen molar-refractivity contribution in [1.82, 2.24) is 9.97 Å². The Balaban J connectivity index is 1.98. The van der Waals surface area contributed by atoms with E-state index in [2.05, 4.69) is 30.7 Å². The molecule has 1 aromatic heterocycles. The second-order valence-electron chi connectivity index (χ2n) is 4.90. The summed E-state index contributed by atoms with van der Waals surface area (Å²) in [6.07, 6.45) is -4.76. The highest BCUT2D eigenvalue weighted by Gasteiger charge is 2.30. The van der Waals surface area contributed by atoms with Crippen LogP contribution < -0.4 is 20.7 Å². The van der Waals surface area contributed by atoms with E-state index in [9.17, 15) is 18.0 Å². The van der Waals surface area contributed by atoms with Gasteiger partial charge in [0.25, 0.3) is 0 Å². The van der Waals surface area contributed by atoms with E-state index in [0.29, 0.717) is 18.1 Å². The second kappa shape index (κ2) is 7.69. The van der Waals surface area contributed by atoms with Gasteiger partial charge >= 0.3 is 12.4 Å². The summed E-state index contributed by atoms with van der Waals surface area (Å²) < 4.78 is 40.0. The number of halogens is 3. The zero-order valence-corrected chi connectivity index (χ0v) is 13.4. The van der Waals surface area contributed by atoms with Crippen LogP contribution in [0.2, 0.25) is 0 Å². The summed E-state index contributed by atoms with van der Waals surface area (Å²) in [5.74, 6) is 0.292. The SMILES string of the molecule is CCNc1cc(C)nc(NC(=O)Nc2ccc(OC(F)(F)F)cc2)n1. The number of nitrogens with zero attached hydrogens (tertiary/aromatic N) is 2. The standard InChI is InChI=1S/C15H16F3N5O2/c1-3-19-12-8-9(2)20-13(22-12)23-14(24)21-10-4-6-11(7-5-10)25-15(16,17)18/h4-8H,3H2,1-2H3,(H3,19,20,21,22,23,24). The Morgan fingerprint density at radius 3 is 2.44 bits per heavy atom. The van der Waals surface area contributed by atoms with Gasteiger partial charge in [0.2, 0.25) is 5.95 Å². The Hall–Kier alpha value is -3.04. The lowest BCUT2D eigenvalue weighted by Gasteiger charge is -2.11. The average Bonchev–Trinajstić information content (AvgIpc) is 2.47. The molecule has 10 heteroatoms. The molecule has 0 unspecified atom stereocenters. The predicted molar refractivity (Wildman–Crippen MR) is 86.7 cm³/mol. The van der Waals surface area contributed by atoms with Crippen molar-refractivity contribution in [3.63, 3.8) is 0 Å². The molecule has 0 aliphatic carbocycles. The number of carbonyl (C=O) groups is 1. The first-order chi connectivity index (χ1) is 11.7. The minimum absolute atomic E-state index is 0.102. The van der Waals surface area contributed by atoms with Crippen LogP contribution >= 0.6 is 0 Å². The minimum atomic E-state index is -4.76. The molecule has 0 fully saturated rings. The number of alkyl halides is 3. The zero-order chi connectivity index (χ0) is 18.4. The Bertz CT molecular complexity index is 735. The number of hydrogen-bond acceptors (Lipinski definition) is 5. The lowest BCUT2D eigenvalue weighted by atomic mass is 10.3. The topological polar surface area (TPSA) is 88.2 Å². The minimum Gasteiger partial charge on any atom is -0.406 e. The number of carbonyl (C=O) groups excluding carboxylic acids is 1. The van der Waals surface area contributed by atoms with Gasteiger partial charge in [-0.3, -0.25) is 5.32 Å². The van der Waals surface area contributed by atoms with E-state index in [1.54, 1.807) is 13.0 Å². The fraction of sp³-hybridized carbons (Fsp3) is 0.267. The summed E-state index contributed by atoms with van der Waals surface area (Å²) in [6.45, 7) is 4.32. The maximum atomic E-state index is 12.1. The van der Waals surface area contributed by atoms with Crippen LogP contribution in [-0.2, 0) is 0 Å². The van der Waals surface area contributed by atoms with Crippen molar-refractivity contribution in [2.24, 2.45) is 0 Å². The fourth-order valence-electron chi connectivity index (χ4n) is 1.90. The Kier molecular flexibility index (Phi) is 5.63. The lowest BCUT2D eigenvalue weighted by molar-refractivity contribution is -0.274. The highest BCUT2D eigenvalue weighted by molar-refractivity contribution is 5.98. The number of aromatic nitrogens is 2. The molecule has 0 saturated carbocycles. The van der Waals surface area contributed by atoms with Crippen LogP contribution in [0.5, 0.6) is 5.75 Å². The first kappa shape index (κ1) is 18.3. The molecule has 2 rings (SSSR count). The van der Waals surface area contributed by atoms with Gasteiger partial charge in [-0.2, -0.15) is 4.98 Å². The molecule has 2 amide bonds. The van der Waals surface area contributed by atoms with Crippen LogP contribution in [0.3, 0.4) is 0 Å². The summed E-state index contributed by atoms with van der Waals surface area (Å²) >= 11 is 0. The van der Waals surface area contributed by atoms with Crippen molar-refractivity contribution in [3.8, 4) is 5.75 Å². The van der Waals surface area contributed by atoms with Crippen LogP contribution in [0.4, 0.5) is 35.4 Å². The molecule has 0 aliphatic rings. The van der Waals surface area contributed by atoms with E-state index in [0.717, 1.165) is 12.1 Å². The summed E-state index contributed by atoms with van der Waals surface area (Å²) in [5, 5.41) is 7.93. The van der Waals surface area contributed by atoms with Crippen LogP contribution in [0, 0.1) is 6.92 Å². The third kappa shape index (κ3) is 6.16. The molecule has 1 heterocycles. The molecule has 7 nitrogen and oxygen atoms in total. The maximum absolute atomic E-state index is 12.1. The third-order valence-electron chi connectivity index (χ3n) is 2.78. The summed E-state index contributed by atoms with van der Waals surface area (Å²) in [4.78, 5) is 20.1. The van der Waals surface area contributed by atoms with Gasteiger partial charge in [0.15, 0.2) is 0 Å². The van der Waals surface area contributed by atoms with Crippen molar-refractivity contribution in [1.29, 1.82) is 0 Å². The van der Waals surface area contributed by atoms with E-state index in [1.807, 2.05) is 6.92 Å². The number of amides is 2. The van der Waals surface area contributed by atoms with Gasteiger partial charge in [0, 0.05) is 24.0 Å². The van der Waals surface area contributed by atoms with Crippen molar-refractivity contribution < 1.29 is 22.7 Å². The van der Waals surface area contributed by atoms with Gasteiger partial charge in [0.05, 0.1) is 0 Å². The molecular formula is C15H16F3N5O2. The summed E-state index contributed by atoms with van der Waals surface area (Å²) in [7, 11) is 0. The Morgan fingerprint density at radius 1 is 1.16 bits per heavy atom. The molecule has 0 radical (unpaired) electrons. The largest absolute Gasteiger partial charge is 0.573 e. The molecular weight excluding hydrogens is 339 g/mol. The Morgan fingerprint density at radius 2 is 1.84 bits per heavy atom. The molecule has 0 saturated heterocycles. The van der Waals surface area contributed by atoms with Gasteiger partial charge in [-0.1, -0.05) is 0 Å². The van der Waals surface area contributed by atoms with Gasteiger partial charge in [0.1, 0.15) is 11.6 Å². The number of anilines is 3. The molecule has 0 spiro atoms. The van der Waals surface area contributed by atoms with Gasteiger partial charge < -0.3 is 15.4 Å². The van der Waals surface area contributed by atoms with Gasteiger partial charge in [-0.05, 0) is 38.1 Å². The molecule has 0 bridgehead atoms. The highest BCUT2D eigenvalue weighted by Crippen LogP contribution is 2.24. The number of nitrogens with one attached hydrogen (secondary N) is 3. The Labute approximate surface area is 141 Å². The van der Waals surface area contributed by atoms with E-state index >= 15 is 0 Å². The fourth-order valence-corrected chi connectivity index (χ4v) is 1.90. The van der Waals surface area contributed by atoms with Gasteiger partial charge in [-0.25, -0.2) is 9.78 Å². The highest BCUT2D eigenvalue weighted by atomic mass is 19.4. The average molecular weight is 355 g/mol. The summed E-state index contributed by atoms with van der Waals surface area (Å²) in [6, 6.07) is 5.85. The molecule has 0 atom stereocenters. The monoisotopic (exact) mass is 355 g/mol. The van der Waals surface area contributed by atoms with Crippen molar-refractivity contribution >= 4 is 23.5 Å². The predicted octanol–water partition coefficient (Wildman–Crippen LogP) is 3.76. The van der Waals surface area contributed by atoms with Crippen LogP contribution in [0.25, 0.3) is 0 Å². The van der Waals surface area contributed by atoms with Crippen molar-refractivity contribution in [2.45, 2.75) is 20.2 Å².